The highest BCUT2D eigenvalue weighted by atomic mass is 16.5. The third-order valence-electron chi connectivity index (χ3n) is 3.51. The van der Waals surface area contributed by atoms with Crippen LogP contribution in [0.15, 0.2) is 0 Å². The molecule has 110 valence electrons. The van der Waals surface area contributed by atoms with Crippen molar-refractivity contribution in [1.82, 2.24) is 10.2 Å². The van der Waals surface area contributed by atoms with Gasteiger partial charge in [-0.25, -0.2) is 0 Å². The van der Waals surface area contributed by atoms with Gasteiger partial charge in [0.15, 0.2) is 0 Å². The maximum absolute atomic E-state index is 12.1. The molecular formula is C14H26N2O3. The minimum atomic E-state index is -0.475. The predicted molar refractivity (Wildman–Crippen MR) is 73.8 cm³/mol. The molecule has 1 N–H and O–H groups in total. The Hall–Kier alpha value is -1.10. The molecule has 0 spiro atoms. The molecule has 5 heteroatoms. The summed E-state index contributed by atoms with van der Waals surface area (Å²) in [6.45, 7) is 6.50. The molecule has 1 saturated heterocycles. The highest BCUT2D eigenvalue weighted by Crippen LogP contribution is 2.19. The number of nitrogens with zero attached hydrogens (tertiary/aromatic N) is 1. The van der Waals surface area contributed by atoms with Crippen molar-refractivity contribution in [2.24, 2.45) is 0 Å². The van der Waals surface area contributed by atoms with Crippen LogP contribution in [0.4, 0.5) is 0 Å². The summed E-state index contributed by atoms with van der Waals surface area (Å²) in [6, 6.07) is 0.232. The molecule has 0 aromatic rings. The lowest BCUT2D eigenvalue weighted by molar-refractivity contribution is -0.148. The van der Waals surface area contributed by atoms with Crippen molar-refractivity contribution in [3.8, 4) is 0 Å². The molecule has 1 atom stereocenters. The van der Waals surface area contributed by atoms with E-state index in [1.54, 1.807) is 4.90 Å². The van der Waals surface area contributed by atoms with E-state index in [1.807, 2.05) is 6.92 Å². The molecule has 1 rings (SSSR count). The summed E-state index contributed by atoms with van der Waals surface area (Å²) in [4.78, 5) is 25.6. The fraction of sp³-hybridized carbons (Fsp3) is 0.857. The van der Waals surface area contributed by atoms with Gasteiger partial charge in [0, 0.05) is 32.3 Å². The number of rotatable bonds is 6. The van der Waals surface area contributed by atoms with Crippen LogP contribution >= 0.6 is 0 Å². The Kier molecular flexibility index (Phi) is 7.48. The zero-order valence-corrected chi connectivity index (χ0v) is 12.1. The lowest BCUT2D eigenvalue weighted by atomic mass is 10.00. The summed E-state index contributed by atoms with van der Waals surface area (Å²) in [6.07, 6.45) is 4.82. The second kappa shape index (κ2) is 8.91. The van der Waals surface area contributed by atoms with E-state index in [2.05, 4.69) is 12.2 Å². The number of piperidine rings is 1. The van der Waals surface area contributed by atoms with Gasteiger partial charge < -0.3 is 15.0 Å². The van der Waals surface area contributed by atoms with Crippen molar-refractivity contribution in [3.05, 3.63) is 0 Å². The Morgan fingerprint density at radius 3 is 2.79 bits per heavy atom. The van der Waals surface area contributed by atoms with Crippen LogP contribution in [0.1, 0.15) is 46.0 Å². The van der Waals surface area contributed by atoms with Gasteiger partial charge in [-0.15, -0.1) is 0 Å². The minimum absolute atomic E-state index is 0.232. The molecule has 5 nitrogen and oxygen atoms in total. The number of carbonyl (C=O) groups excluding carboxylic acids is 2. The van der Waals surface area contributed by atoms with Crippen molar-refractivity contribution in [1.29, 1.82) is 0 Å². The molecule has 1 unspecified atom stereocenters. The molecule has 0 aromatic heterocycles. The van der Waals surface area contributed by atoms with Gasteiger partial charge in [0.05, 0.1) is 0 Å². The third-order valence-corrected chi connectivity index (χ3v) is 3.51. The molecule has 1 fully saturated rings. The molecule has 2 amide bonds. The predicted octanol–water partition coefficient (Wildman–Crippen LogP) is 1.32. The van der Waals surface area contributed by atoms with Gasteiger partial charge in [0.25, 0.3) is 0 Å². The van der Waals surface area contributed by atoms with Gasteiger partial charge in [-0.2, -0.15) is 0 Å². The van der Waals surface area contributed by atoms with E-state index in [9.17, 15) is 9.59 Å². The van der Waals surface area contributed by atoms with Crippen LogP contribution in [0.2, 0.25) is 0 Å². The Morgan fingerprint density at radius 2 is 2.11 bits per heavy atom. The standard InChI is InChI=1S/C14H26N2O3/c1-3-12-8-5-6-10-16(12)14(18)13(17)15-9-7-11-19-4-2/h12H,3-11H2,1-2H3,(H,15,17). The van der Waals surface area contributed by atoms with E-state index in [1.165, 1.54) is 0 Å². The first-order chi connectivity index (χ1) is 9.20. The quantitative estimate of drug-likeness (QED) is 0.585. The molecule has 1 aliphatic heterocycles. The first-order valence-electron chi connectivity index (χ1n) is 7.37. The zero-order valence-electron chi connectivity index (χ0n) is 12.1. The number of carbonyl (C=O) groups is 2. The summed E-state index contributed by atoms with van der Waals surface area (Å²) in [7, 11) is 0. The van der Waals surface area contributed by atoms with E-state index >= 15 is 0 Å². The SMILES string of the molecule is CCOCCCNC(=O)C(=O)N1CCCCC1CC. The molecule has 0 saturated carbocycles. The maximum atomic E-state index is 12.1. The third kappa shape index (κ3) is 5.19. The molecule has 0 aliphatic carbocycles. The Balaban J connectivity index is 2.32. The molecule has 1 heterocycles. The number of hydrogen-bond acceptors (Lipinski definition) is 3. The first kappa shape index (κ1) is 16.0. The van der Waals surface area contributed by atoms with E-state index in [0.717, 1.165) is 32.1 Å². The van der Waals surface area contributed by atoms with Crippen LogP contribution < -0.4 is 5.32 Å². The highest BCUT2D eigenvalue weighted by Gasteiger charge is 2.29. The second-order valence-corrected chi connectivity index (χ2v) is 4.86. The summed E-state index contributed by atoms with van der Waals surface area (Å²) < 4.78 is 5.18. The van der Waals surface area contributed by atoms with E-state index in [4.69, 9.17) is 4.74 Å². The molecule has 19 heavy (non-hydrogen) atoms. The summed E-state index contributed by atoms with van der Waals surface area (Å²) >= 11 is 0. The molecular weight excluding hydrogens is 244 g/mol. The van der Waals surface area contributed by atoms with Crippen molar-refractivity contribution in [2.45, 2.75) is 52.0 Å². The van der Waals surface area contributed by atoms with Crippen molar-refractivity contribution >= 4 is 11.8 Å². The smallest absolute Gasteiger partial charge is 0.312 e. The number of likely N-dealkylation sites (tertiary alicyclic amines) is 1. The normalized spacial score (nSPS) is 19.3. The van der Waals surface area contributed by atoms with Crippen LogP contribution in [-0.4, -0.2) is 49.1 Å². The van der Waals surface area contributed by atoms with Gasteiger partial charge in [-0.05, 0) is 39.0 Å². The van der Waals surface area contributed by atoms with Gasteiger partial charge in [0.2, 0.25) is 0 Å². The lowest BCUT2D eigenvalue weighted by Gasteiger charge is -2.34. The van der Waals surface area contributed by atoms with Gasteiger partial charge in [-0.1, -0.05) is 6.92 Å². The minimum Gasteiger partial charge on any atom is -0.382 e. The number of ether oxygens (including phenoxy) is 1. The van der Waals surface area contributed by atoms with Gasteiger partial charge in [0.1, 0.15) is 0 Å². The summed E-state index contributed by atoms with van der Waals surface area (Å²) in [5.74, 6) is -0.847. The maximum Gasteiger partial charge on any atom is 0.312 e. The van der Waals surface area contributed by atoms with Gasteiger partial charge >= 0.3 is 11.8 Å². The molecule has 0 bridgehead atoms. The topological polar surface area (TPSA) is 58.6 Å². The zero-order chi connectivity index (χ0) is 14.1. The van der Waals surface area contributed by atoms with Crippen LogP contribution in [0.25, 0.3) is 0 Å². The summed E-state index contributed by atoms with van der Waals surface area (Å²) in [5, 5.41) is 2.67. The number of amides is 2. The van der Waals surface area contributed by atoms with Crippen LogP contribution in [-0.2, 0) is 14.3 Å². The Morgan fingerprint density at radius 1 is 1.32 bits per heavy atom. The Labute approximate surface area is 115 Å². The highest BCUT2D eigenvalue weighted by molar-refractivity contribution is 6.35. The van der Waals surface area contributed by atoms with Crippen LogP contribution in [0.3, 0.4) is 0 Å². The molecule has 0 radical (unpaired) electrons. The second-order valence-electron chi connectivity index (χ2n) is 4.86. The van der Waals surface area contributed by atoms with Crippen molar-refractivity contribution in [3.63, 3.8) is 0 Å². The van der Waals surface area contributed by atoms with Crippen LogP contribution in [0.5, 0.6) is 0 Å². The van der Waals surface area contributed by atoms with E-state index in [0.29, 0.717) is 26.3 Å². The van der Waals surface area contributed by atoms with E-state index in [-0.39, 0.29) is 11.9 Å². The summed E-state index contributed by atoms with van der Waals surface area (Å²) in [5.41, 5.74) is 0. The van der Waals surface area contributed by atoms with Crippen LogP contribution in [0, 0.1) is 0 Å². The first-order valence-corrected chi connectivity index (χ1v) is 7.37. The average molecular weight is 270 g/mol. The monoisotopic (exact) mass is 270 g/mol. The van der Waals surface area contributed by atoms with Crippen molar-refractivity contribution in [2.75, 3.05) is 26.3 Å². The fourth-order valence-electron chi connectivity index (χ4n) is 2.42. The number of nitrogens with one attached hydrogen (secondary N) is 1. The largest absolute Gasteiger partial charge is 0.382 e. The lowest BCUT2D eigenvalue weighted by Crippen LogP contribution is -2.50. The van der Waals surface area contributed by atoms with Gasteiger partial charge in [-0.3, -0.25) is 9.59 Å². The molecule has 0 aromatic carbocycles. The fourth-order valence-corrected chi connectivity index (χ4v) is 2.42. The average Bonchev–Trinajstić information content (AvgIpc) is 2.46. The Bertz CT molecular complexity index is 294. The van der Waals surface area contributed by atoms with Crippen molar-refractivity contribution < 1.29 is 14.3 Å². The molecule has 1 aliphatic rings. The number of hydrogen-bond donors (Lipinski definition) is 1. The van der Waals surface area contributed by atoms with E-state index < -0.39 is 5.91 Å².